The maximum Gasteiger partial charge on any atom is 0.124 e. The van der Waals surface area contributed by atoms with E-state index in [9.17, 15) is 5.11 Å². The molecule has 17 heavy (non-hydrogen) atoms. The van der Waals surface area contributed by atoms with Crippen LogP contribution in [0.2, 0.25) is 0 Å². The van der Waals surface area contributed by atoms with Gasteiger partial charge in [-0.2, -0.15) is 0 Å². The van der Waals surface area contributed by atoms with E-state index in [2.05, 4.69) is 5.92 Å². The first-order valence-electron chi connectivity index (χ1n) is 5.56. The largest absolute Gasteiger partial charge is 0.497 e. The van der Waals surface area contributed by atoms with Crippen LogP contribution in [0.15, 0.2) is 18.2 Å². The van der Waals surface area contributed by atoms with E-state index in [0.29, 0.717) is 24.3 Å². The smallest absolute Gasteiger partial charge is 0.124 e. The van der Waals surface area contributed by atoms with Crippen LogP contribution in [0, 0.1) is 12.3 Å². The summed E-state index contributed by atoms with van der Waals surface area (Å²) in [5, 5.41) is 10.1. The number of unbranched alkanes of at least 4 members (excludes halogenated alkanes) is 1. The third-order valence-electron chi connectivity index (χ3n) is 2.59. The van der Waals surface area contributed by atoms with Gasteiger partial charge in [-0.05, 0) is 31.0 Å². The van der Waals surface area contributed by atoms with E-state index in [1.165, 1.54) is 0 Å². The Kier molecular flexibility index (Phi) is 5.38. The number of methoxy groups -OCH3 is 2. The number of hydrogen-bond acceptors (Lipinski definition) is 3. The van der Waals surface area contributed by atoms with Crippen molar-refractivity contribution in [2.45, 2.75) is 25.4 Å². The first-order chi connectivity index (χ1) is 8.22. The van der Waals surface area contributed by atoms with Gasteiger partial charge in [0.2, 0.25) is 0 Å². The highest BCUT2D eigenvalue weighted by Gasteiger charge is 2.13. The Balaban J connectivity index is 2.82. The van der Waals surface area contributed by atoms with Crippen LogP contribution in [0.25, 0.3) is 0 Å². The molecule has 1 aromatic rings. The molecule has 1 aromatic carbocycles. The maximum absolute atomic E-state index is 10.1. The molecule has 1 rings (SSSR count). The molecule has 0 saturated heterocycles. The number of ether oxygens (including phenoxy) is 2. The zero-order chi connectivity index (χ0) is 12.7. The maximum atomic E-state index is 10.1. The number of aliphatic hydroxyl groups excluding tert-OH is 1. The minimum Gasteiger partial charge on any atom is -0.497 e. The Morgan fingerprint density at radius 1 is 1.35 bits per heavy atom. The lowest BCUT2D eigenvalue weighted by atomic mass is 10.0. The lowest BCUT2D eigenvalue weighted by Gasteiger charge is -2.15. The molecule has 0 heterocycles. The molecule has 0 fully saturated rings. The van der Waals surface area contributed by atoms with Crippen molar-refractivity contribution in [3.8, 4) is 23.8 Å². The normalized spacial score (nSPS) is 11.6. The van der Waals surface area contributed by atoms with Crippen molar-refractivity contribution < 1.29 is 14.6 Å². The van der Waals surface area contributed by atoms with E-state index >= 15 is 0 Å². The van der Waals surface area contributed by atoms with Crippen LogP contribution in [-0.2, 0) is 0 Å². The van der Waals surface area contributed by atoms with E-state index in [1.54, 1.807) is 32.4 Å². The second-order valence-corrected chi connectivity index (χ2v) is 3.72. The van der Waals surface area contributed by atoms with Crippen LogP contribution in [0.3, 0.4) is 0 Å². The number of rotatable bonds is 6. The second-order valence-electron chi connectivity index (χ2n) is 3.72. The minimum atomic E-state index is -0.576. The predicted octanol–water partition coefficient (Wildman–Crippen LogP) is 2.54. The molecule has 0 aliphatic heterocycles. The van der Waals surface area contributed by atoms with Crippen molar-refractivity contribution in [1.29, 1.82) is 0 Å². The van der Waals surface area contributed by atoms with Crippen molar-refractivity contribution in [2.75, 3.05) is 14.2 Å². The Bertz CT molecular complexity index is 393. The third kappa shape index (κ3) is 3.69. The highest BCUT2D eigenvalue weighted by atomic mass is 16.5. The van der Waals surface area contributed by atoms with Gasteiger partial charge in [0.1, 0.15) is 11.5 Å². The molecule has 92 valence electrons. The van der Waals surface area contributed by atoms with Crippen LogP contribution < -0.4 is 9.47 Å². The van der Waals surface area contributed by atoms with Gasteiger partial charge in [0.05, 0.1) is 20.3 Å². The van der Waals surface area contributed by atoms with E-state index in [0.717, 1.165) is 12.0 Å². The Hall–Kier alpha value is -1.66. The highest BCUT2D eigenvalue weighted by Crippen LogP contribution is 2.31. The summed E-state index contributed by atoms with van der Waals surface area (Å²) in [5.74, 6) is 3.93. The average molecular weight is 234 g/mol. The van der Waals surface area contributed by atoms with E-state index in [1.807, 2.05) is 0 Å². The van der Waals surface area contributed by atoms with Crippen LogP contribution in [-0.4, -0.2) is 19.3 Å². The zero-order valence-electron chi connectivity index (χ0n) is 10.3. The molecule has 0 radical (unpaired) electrons. The minimum absolute atomic E-state index is 0.576. The van der Waals surface area contributed by atoms with Crippen LogP contribution in [0.1, 0.15) is 30.9 Å². The molecule has 1 unspecified atom stereocenters. The fraction of sp³-hybridized carbons (Fsp3) is 0.429. The standard InChI is InChI=1S/C14H18O3/c1-4-5-6-7-13(15)12-10-11(16-2)8-9-14(12)17-3/h1,8-10,13,15H,5-7H2,2-3H3. The van der Waals surface area contributed by atoms with Gasteiger partial charge in [-0.3, -0.25) is 0 Å². The lowest BCUT2D eigenvalue weighted by Crippen LogP contribution is -2.01. The van der Waals surface area contributed by atoms with Crippen LogP contribution in [0.4, 0.5) is 0 Å². The lowest BCUT2D eigenvalue weighted by molar-refractivity contribution is 0.160. The fourth-order valence-electron chi connectivity index (χ4n) is 1.65. The van der Waals surface area contributed by atoms with E-state index in [-0.39, 0.29) is 0 Å². The molecular formula is C14H18O3. The molecule has 0 bridgehead atoms. The van der Waals surface area contributed by atoms with Gasteiger partial charge in [0.15, 0.2) is 0 Å². The van der Waals surface area contributed by atoms with Gasteiger partial charge in [-0.15, -0.1) is 12.3 Å². The summed E-state index contributed by atoms with van der Waals surface area (Å²) in [6, 6.07) is 5.38. The third-order valence-corrected chi connectivity index (χ3v) is 2.59. The van der Waals surface area contributed by atoms with Crippen molar-refractivity contribution in [2.24, 2.45) is 0 Å². The summed E-state index contributed by atoms with van der Waals surface area (Å²) >= 11 is 0. The van der Waals surface area contributed by atoms with Gasteiger partial charge >= 0.3 is 0 Å². The average Bonchev–Trinajstić information content (AvgIpc) is 2.38. The zero-order valence-corrected chi connectivity index (χ0v) is 10.3. The predicted molar refractivity (Wildman–Crippen MR) is 67.2 cm³/mol. The van der Waals surface area contributed by atoms with Crippen LogP contribution in [0.5, 0.6) is 11.5 Å². The van der Waals surface area contributed by atoms with Crippen molar-refractivity contribution in [3.05, 3.63) is 23.8 Å². The number of benzene rings is 1. The molecule has 0 aromatic heterocycles. The molecule has 0 aliphatic carbocycles. The molecular weight excluding hydrogens is 216 g/mol. The number of hydrogen-bond donors (Lipinski definition) is 1. The van der Waals surface area contributed by atoms with Gasteiger partial charge in [0.25, 0.3) is 0 Å². The van der Waals surface area contributed by atoms with Gasteiger partial charge < -0.3 is 14.6 Å². The molecule has 0 saturated carbocycles. The monoisotopic (exact) mass is 234 g/mol. The summed E-state index contributed by atoms with van der Waals surface area (Å²) in [4.78, 5) is 0. The summed E-state index contributed by atoms with van der Waals surface area (Å²) in [7, 11) is 3.18. The van der Waals surface area contributed by atoms with Crippen LogP contribution >= 0.6 is 0 Å². The SMILES string of the molecule is C#CCCCC(O)c1cc(OC)ccc1OC. The van der Waals surface area contributed by atoms with E-state index in [4.69, 9.17) is 15.9 Å². The van der Waals surface area contributed by atoms with E-state index < -0.39 is 6.10 Å². The molecule has 0 spiro atoms. The topological polar surface area (TPSA) is 38.7 Å². The fourth-order valence-corrected chi connectivity index (χ4v) is 1.65. The summed E-state index contributed by atoms with van der Waals surface area (Å²) in [6.45, 7) is 0. The Morgan fingerprint density at radius 3 is 2.71 bits per heavy atom. The Labute approximate surface area is 102 Å². The second kappa shape index (κ2) is 6.82. The first kappa shape index (κ1) is 13.4. The highest BCUT2D eigenvalue weighted by molar-refractivity contribution is 5.41. The molecule has 0 amide bonds. The van der Waals surface area contributed by atoms with Gasteiger partial charge in [-0.25, -0.2) is 0 Å². The molecule has 1 atom stereocenters. The number of aliphatic hydroxyl groups is 1. The quantitative estimate of drug-likeness (QED) is 0.607. The van der Waals surface area contributed by atoms with Crippen molar-refractivity contribution >= 4 is 0 Å². The Morgan fingerprint density at radius 2 is 2.12 bits per heavy atom. The van der Waals surface area contributed by atoms with Gasteiger partial charge in [0, 0.05) is 12.0 Å². The molecule has 3 nitrogen and oxygen atoms in total. The van der Waals surface area contributed by atoms with Gasteiger partial charge in [-0.1, -0.05) is 0 Å². The summed E-state index contributed by atoms with van der Waals surface area (Å²) in [5.41, 5.74) is 0.740. The summed E-state index contributed by atoms with van der Waals surface area (Å²) < 4.78 is 10.3. The summed E-state index contributed by atoms with van der Waals surface area (Å²) in [6.07, 6.45) is 6.68. The number of terminal acetylenes is 1. The first-order valence-corrected chi connectivity index (χ1v) is 5.56. The molecule has 3 heteroatoms. The molecule has 0 aliphatic rings. The van der Waals surface area contributed by atoms with Crippen molar-refractivity contribution in [3.63, 3.8) is 0 Å². The van der Waals surface area contributed by atoms with Crippen molar-refractivity contribution in [1.82, 2.24) is 0 Å². The molecule has 1 N–H and O–H groups in total.